The summed E-state index contributed by atoms with van der Waals surface area (Å²) < 4.78 is 40.3. The average molecular weight is 308 g/mol. The lowest BCUT2D eigenvalue weighted by atomic mass is 9.85. The van der Waals surface area contributed by atoms with Crippen LogP contribution in [0.4, 0.5) is 19.0 Å². The van der Waals surface area contributed by atoms with E-state index in [0.29, 0.717) is 31.4 Å². The first-order chi connectivity index (χ1) is 10.6. The van der Waals surface area contributed by atoms with Crippen molar-refractivity contribution in [3.8, 4) is 0 Å². The molecule has 4 nitrogen and oxygen atoms in total. The van der Waals surface area contributed by atoms with Gasteiger partial charge in [-0.1, -0.05) is 0 Å². The van der Waals surface area contributed by atoms with Crippen molar-refractivity contribution in [2.24, 2.45) is 5.73 Å². The van der Waals surface area contributed by atoms with E-state index < -0.39 is 23.5 Å². The summed E-state index contributed by atoms with van der Waals surface area (Å²) in [4.78, 5) is 1.95. The van der Waals surface area contributed by atoms with E-state index in [4.69, 9.17) is 5.73 Å². The minimum absolute atomic E-state index is 0.130. The summed E-state index contributed by atoms with van der Waals surface area (Å²) >= 11 is 0. The number of nitrogens with zero attached hydrogens (tertiary/aromatic N) is 3. The largest absolute Gasteiger partial charge is 0.354 e. The van der Waals surface area contributed by atoms with Crippen molar-refractivity contribution in [2.45, 2.75) is 18.4 Å². The van der Waals surface area contributed by atoms with E-state index in [1.807, 2.05) is 11.0 Å². The predicted octanol–water partition coefficient (Wildman–Crippen LogP) is 2.22. The second-order valence-corrected chi connectivity index (χ2v) is 5.37. The van der Waals surface area contributed by atoms with Crippen molar-refractivity contribution in [2.75, 3.05) is 18.0 Å². The lowest BCUT2D eigenvalue weighted by Gasteiger charge is -2.37. The van der Waals surface area contributed by atoms with Gasteiger partial charge in [0.05, 0.1) is 0 Å². The third-order valence-corrected chi connectivity index (χ3v) is 3.98. The van der Waals surface area contributed by atoms with Gasteiger partial charge >= 0.3 is 0 Å². The van der Waals surface area contributed by atoms with Gasteiger partial charge in [-0.3, -0.25) is 0 Å². The molecular formula is C15H15F3N4. The predicted molar refractivity (Wildman–Crippen MR) is 75.9 cm³/mol. The molecule has 2 atom stereocenters. The lowest BCUT2D eigenvalue weighted by molar-refractivity contribution is 0.415. The summed E-state index contributed by atoms with van der Waals surface area (Å²) in [6, 6.07) is 4.67. The molecule has 0 saturated carbocycles. The topological polar surface area (TPSA) is 55.0 Å². The number of hydrogen-bond acceptors (Lipinski definition) is 4. The van der Waals surface area contributed by atoms with Gasteiger partial charge in [0.15, 0.2) is 17.5 Å². The van der Waals surface area contributed by atoms with Gasteiger partial charge in [0.1, 0.15) is 5.82 Å². The van der Waals surface area contributed by atoms with E-state index in [9.17, 15) is 13.2 Å². The first kappa shape index (κ1) is 14.8. The molecule has 2 N–H and O–H groups in total. The summed E-state index contributed by atoms with van der Waals surface area (Å²) in [7, 11) is 0. The second kappa shape index (κ2) is 5.92. The van der Waals surface area contributed by atoms with Gasteiger partial charge in [0, 0.05) is 37.3 Å². The van der Waals surface area contributed by atoms with Crippen LogP contribution in [0.1, 0.15) is 17.9 Å². The monoisotopic (exact) mass is 308 g/mol. The summed E-state index contributed by atoms with van der Waals surface area (Å²) in [6.07, 6.45) is 2.10. The fourth-order valence-electron chi connectivity index (χ4n) is 2.86. The highest BCUT2D eigenvalue weighted by Gasteiger charge is 2.31. The Morgan fingerprint density at radius 2 is 1.91 bits per heavy atom. The number of halogens is 3. The van der Waals surface area contributed by atoms with Gasteiger partial charge in [-0.2, -0.15) is 5.10 Å². The minimum atomic E-state index is -1.19. The molecule has 3 rings (SSSR count). The highest BCUT2D eigenvalue weighted by Crippen LogP contribution is 2.31. The van der Waals surface area contributed by atoms with E-state index in [0.717, 1.165) is 6.07 Å². The molecular weight excluding hydrogens is 293 g/mol. The number of aromatic nitrogens is 2. The van der Waals surface area contributed by atoms with E-state index in [-0.39, 0.29) is 11.5 Å². The van der Waals surface area contributed by atoms with Crippen molar-refractivity contribution in [3.63, 3.8) is 0 Å². The molecule has 7 heteroatoms. The maximum absolute atomic E-state index is 13.9. The number of rotatable bonds is 2. The van der Waals surface area contributed by atoms with Crippen LogP contribution in [0.3, 0.4) is 0 Å². The molecule has 0 aliphatic carbocycles. The number of hydrogen-bond donors (Lipinski definition) is 1. The molecule has 2 aromatic rings. The second-order valence-electron chi connectivity index (χ2n) is 5.37. The third-order valence-electron chi connectivity index (χ3n) is 3.98. The molecule has 0 radical (unpaired) electrons. The van der Waals surface area contributed by atoms with E-state index in [1.165, 1.54) is 0 Å². The Morgan fingerprint density at radius 3 is 2.59 bits per heavy atom. The minimum Gasteiger partial charge on any atom is -0.354 e. The van der Waals surface area contributed by atoms with Crippen LogP contribution in [-0.4, -0.2) is 29.3 Å². The van der Waals surface area contributed by atoms with Crippen LogP contribution in [0.15, 0.2) is 30.5 Å². The number of anilines is 1. The maximum atomic E-state index is 13.9. The number of nitrogens with two attached hydrogens (primary N) is 1. The summed E-state index contributed by atoms with van der Waals surface area (Å²) in [6.45, 7) is 1.04. The van der Waals surface area contributed by atoms with Crippen molar-refractivity contribution < 1.29 is 13.2 Å². The van der Waals surface area contributed by atoms with Gasteiger partial charge in [0.2, 0.25) is 0 Å². The van der Waals surface area contributed by atoms with Gasteiger partial charge in [-0.15, -0.1) is 5.10 Å². The van der Waals surface area contributed by atoms with Crippen molar-refractivity contribution in [3.05, 3.63) is 53.5 Å². The van der Waals surface area contributed by atoms with Crippen molar-refractivity contribution >= 4 is 5.82 Å². The van der Waals surface area contributed by atoms with Crippen LogP contribution in [-0.2, 0) is 0 Å². The standard InChI is InChI=1S/C15H15F3N4/c16-11-7-13(18)12(17)6-10(11)9-3-5-22(8-14(9)19)15-2-1-4-20-21-15/h1-2,4,6-7,9,14H,3,5,8,19H2/t9-,14+/m1/s1. The molecule has 0 spiro atoms. The molecule has 1 aliphatic heterocycles. The van der Waals surface area contributed by atoms with Crippen LogP contribution in [0, 0.1) is 17.5 Å². The van der Waals surface area contributed by atoms with Crippen LogP contribution in [0.2, 0.25) is 0 Å². The molecule has 1 aromatic heterocycles. The van der Waals surface area contributed by atoms with Crippen molar-refractivity contribution in [1.29, 1.82) is 0 Å². The maximum Gasteiger partial charge on any atom is 0.161 e. The van der Waals surface area contributed by atoms with Crippen LogP contribution < -0.4 is 10.6 Å². The van der Waals surface area contributed by atoms with E-state index in [2.05, 4.69) is 10.2 Å². The summed E-state index contributed by atoms with van der Waals surface area (Å²) in [5, 5.41) is 7.83. The van der Waals surface area contributed by atoms with Gasteiger partial charge < -0.3 is 10.6 Å². The molecule has 0 bridgehead atoms. The Hall–Kier alpha value is -2.15. The summed E-state index contributed by atoms with van der Waals surface area (Å²) in [5.74, 6) is -2.66. The number of piperidine rings is 1. The van der Waals surface area contributed by atoms with Gasteiger partial charge in [-0.25, -0.2) is 13.2 Å². The van der Waals surface area contributed by atoms with Crippen LogP contribution in [0.5, 0.6) is 0 Å². The Morgan fingerprint density at radius 1 is 1.14 bits per heavy atom. The fraction of sp³-hybridized carbons (Fsp3) is 0.333. The normalized spacial score (nSPS) is 21.9. The zero-order valence-corrected chi connectivity index (χ0v) is 11.7. The Labute approximate surface area is 125 Å². The van der Waals surface area contributed by atoms with Crippen molar-refractivity contribution in [1.82, 2.24) is 10.2 Å². The first-order valence-corrected chi connectivity index (χ1v) is 6.99. The molecule has 1 saturated heterocycles. The molecule has 22 heavy (non-hydrogen) atoms. The highest BCUT2D eigenvalue weighted by atomic mass is 19.2. The molecule has 2 heterocycles. The Balaban J connectivity index is 1.80. The molecule has 0 unspecified atom stereocenters. The third kappa shape index (κ3) is 2.76. The SMILES string of the molecule is N[C@H]1CN(c2cccnn2)CC[C@@H]1c1cc(F)c(F)cc1F. The molecule has 1 aromatic carbocycles. The van der Waals surface area contributed by atoms with Crippen LogP contribution in [0.25, 0.3) is 0 Å². The molecule has 1 fully saturated rings. The molecule has 1 aliphatic rings. The zero-order chi connectivity index (χ0) is 15.7. The van der Waals surface area contributed by atoms with E-state index in [1.54, 1.807) is 12.3 Å². The zero-order valence-electron chi connectivity index (χ0n) is 11.7. The summed E-state index contributed by atoms with van der Waals surface area (Å²) in [5.41, 5.74) is 6.25. The first-order valence-electron chi connectivity index (χ1n) is 6.99. The smallest absolute Gasteiger partial charge is 0.161 e. The fourth-order valence-corrected chi connectivity index (χ4v) is 2.86. The Kier molecular flexibility index (Phi) is 3.98. The molecule has 116 valence electrons. The Bertz CT molecular complexity index is 665. The quantitative estimate of drug-likeness (QED) is 0.864. The average Bonchev–Trinajstić information content (AvgIpc) is 2.52. The lowest BCUT2D eigenvalue weighted by Crippen LogP contribution is -2.48. The highest BCUT2D eigenvalue weighted by molar-refractivity contribution is 5.39. The number of benzene rings is 1. The molecule has 0 amide bonds. The van der Waals surface area contributed by atoms with Gasteiger partial charge in [0.25, 0.3) is 0 Å². The van der Waals surface area contributed by atoms with Gasteiger partial charge in [-0.05, 0) is 30.2 Å². The van der Waals surface area contributed by atoms with Crippen LogP contribution >= 0.6 is 0 Å². The van der Waals surface area contributed by atoms with E-state index >= 15 is 0 Å².